The zero-order valence-corrected chi connectivity index (χ0v) is 13.8. The summed E-state index contributed by atoms with van der Waals surface area (Å²) in [6.07, 6.45) is -3.51. The highest BCUT2D eigenvalue weighted by Crippen LogP contribution is 2.31. The smallest absolute Gasteiger partial charge is 0.416 e. The fourth-order valence-corrected chi connectivity index (χ4v) is 2.07. The normalized spacial score (nSPS) is 12.8. The summed E-state index contributed by atoms with van der Waals surface area (Å²) < 4.78 is 43.2. The number of carbonyl (C=O) groups excluding carboxylic acids is 1. The lowest BCUT2D eigenvalue weighted by molar-refractivity contribution is -0.138. The van der Waals surface area contributed by atoms with Gasteiger partial charge in [-0.25, -0.2) is 4.79 Å². The van der Waals surface area contributed by atoms with Crippen molar-refractivity contribution in [2.24, 2.45) is 4.99 Å². The number of hydrogen-bond donors (Lipinski definition) is 1. The van der Waals surface area contributed by atoms with Crippen molar-refractivity contribution in [1.82, 2.24) is 0 Å². The molecular formula is C19H16F3NO3. The van der Waals surface area contributed by atoms with Gasteiger partial charge < -0.3 is 9.84 Å². The lowest BCUT2D eigenvalue weighted by Crippen LogP contribution is -2.11. The molecule has 0 heterocycles. The molecule has 0 aliphatic carbocycles. The maximum absolute atomic E-state index is 12.8. The standard InChI is InChI=1S/C19H16F3NO3/c1-2-26-18(25)16(17(24)13-7-4-3-5-8-13)12-23-15-10-6-9-14(11-15)19(20,21)22/h3-12,24H,2H2,1H3/b17-16+,23-12?. The number of esters is 1. The summed E-state index contributed by atoms with van der Waals surface area (Å²) >= 11 is 0. The summed E-state index contributed by atoms with van der Waals surface area (Å²) in [7, 11) is 0. The molecule has 0 fully saturated rings. The van der Waals surface area contributed by atoms with Crippen LogP contribution in [0.2, 0.25) is 0 Å². The van der Waals surface area contributed by atoms with E-state index in [0.29, 0.717) is 5.56 Å². The molecule has 4 nitrogen and oxygen atoms in total. The van der Waals surface area contributed by atoms with Gasteiger partial charge in [0, 0.05) is 11.8 Å². The maximum atomic E-state index is 12.8. The molecule has 2 aromatic rings. The fourth-order valence-electron chi connectivity index (χ4n) is 2.07. The van der Waals surface area contributed by atoms with E-state index in [4.69, 9.17) is 4.74 Å². The Bertz CT molecular complexity index is 827. The number of benzene rings is 2. The molecule has 0 saturated heterocycles. The zero-order valence-electron chi connectivity index (χ0n) is 13.8. The number of hydrogen-bond acceptors (Lipinski definition) is 4. The Morgan fingerprint density at radius 1 is 1.15 bits per heavy atom. The van der Waals surface area contributed by atoms with Crippen molar-refractivity contribution < 1.29 is 27.8 Å². The van der Waals surface area contributed by atoms with Crippen LogP contribution in [0, 0.1) is 0 Å². The van der Waals surface area contributed by atoms with Gasteiger partial charge in [-0.05, 0) is 25.1 Å². The van der Waals surface area contributed by atoms with Crippen molar-refractivity contribution in [3.05, 3.63) is 71.3 Å². The van der Waals surface area contributed by atoms with Gasteiger partial charge in [-0.3, -0.25) is 4.99 Å². The van der Waals surface area contributed by atoms with Gasteiger partial charge in [0.25, 0.3) is 0 Å². The van der Waals surface area contributed by atoms with Crippen molar-refractivity contribution in [3.63, 3.8) is 0 Å². The average Bonchev–Trinajstić information content (AvgIpc) is 2.62. The highest BCUT2D eigenvalue weighted by Gasteiger charge is 2.30. The highest BCUT2D eigenvalue weighted by molar-refractivity contribution is 6.15. The predicted octanol–water partition coefficient (Wildman–Crippen LogP) is 4.94. The van der Waals surface area contributed by atoms with Crippen LogP contribution >= 0.6 is 0 Å². The van der Waals surface area contributed by atoms with E-state index in [2.05, 4.69) is 4.99 Å². The van der Waals surface area contributed by atoms with Gasteiger partial charge in [-0.1, -0.05) is 36.4 Å². The molecule has 0 aromatic heterocycles. The van der Waals surface area contributed by atoms with Crippen molar-refractivity contribution in [2.75, 3.05) is 6.61 Å². The van der Waals surface area contributed by atoms with Gasteiger partial charge >= 0.3 is 12.1 Å². The molecule has 0 unspecified atom stereocenters. The Hall–Kier alpha value is -3.09. The number of halogens is 3. The number of alkyl halides is 3. The van der Waals surface area contributed by atoms with Crippen LogP contribution in [0.5, 0.6) is 0 Å². The molecule has 7 heteroatoms. The van der Waals surface area contributed by atoms with Crippen LogP contribution in [0.15, 0.2) is 65.2 Å². The third-order valence-corrected chi connectivity index (χ3v) is 3.31. The second kappa shape index (κ2) is 8.33. The molecule has 0 aliphatic heterocycles. The molecule has 1 N–H and O–H groups in total. The number of nitrogens with zero attached hydrogens (tertiary/aromatic N) is 1. The summed E-state index contributed by atoms with van der Waals surface area (Å²) in [5.41, 5.74) is -0.773. The minimum Gasteiger partial charge on any atom is -0.506 e. The molecule has 0 amide bonds. The Morgan fingerprint density at radius 3 is 2.46 bits per heavy atom. The van der Waals surface area contributed by atoms with Crippen LogP contribution < -0.4 is 0 Å². The van der Waals surface area contributed by atoms with Gasteiger partial charge in [0.1, 0.15) is 11.3 Å². The third-order valence-electron chi connectivity index (χ3n) is 3.31. The molecule has 0 radical (unpaired) electrons. The van der Waals surface area contributed by atoms with Gasteiger partial charge in [-0.2, -0.15) is 13.2 Å². The summed E-state index contributed by atoms with van der Waals surface area (Å²) in [5.74, 6) is -1.20. The fraction of sp³-hybridized carbons (Fsp3) is 0.158. The second-order valence-electron chi connectivity index (χ2n) is 5.16. The van der Waals surface area contributed by atoms with Crippen LogP contribution in [0.3, 0.4) is 0 Å². The molecule has 136 valence electrons. The minimum atomic E-state index is -4.50. The Balaban J connectivity index is 2.42. The molecule has 0 aliphatic rings. The van der Waals surface area contributed by atoms with E-state index >= 15 is 0 Å². The minimum absolute atomic E-state index is 0.0116. The van der Waals surface area contributed by atoms with E-state index < -0.39 is 17.7 Å². The van der Waals surface area contributed by atoms with Gasteiger partial charge in [-0.15, -0.1) is 0 Å². The van der Waals surface area contributed by atoms with Crippen LogP contribution in [0.4, 0.5) is 18.9 Å². The Kier molecular flexibility index (Phi) is 6.16. The van der Waals surface area contributed by atoms with E-state index in [-0.39, 0.29) is 23.6 Å². The first-order valence-electron chi connectivity index (χ1n) is 7.70. The summed E-state index contributed by atoms with van der Waals surface area (Å²) in [4.78, 5) is 16.0. The van der Waals surface area contributed by atoms with Crippen LogP contribution in [0.1, 0.15) is 18.1 Å². The first kappa shape index (κ1) is 19.2. The van der Waals surface area contributed by atoms with E-state index in [1.54, 1.807) is 37.3 Å². The Morgan fingerprint density at radius 2 is 1.85 bits per heavy atom. The SMILES string of the molecule is CCOC(=O)/C(C=Nc1cccc(C(F)(F)F)c1)=C(/O)c1ccccc1. The van der Waals surface area contributed by atoms with Crippen molar-refractivity contribution >= 4 is 23.6 Å². The molecule has 2 aromatic carbocycles. The third kappa shape index (κ3) is 4.95. The van der Waals surface area contributed by atoms with E-state index in [0.717, 1.165) is 18.3 Å². The number of aliphatic hydroxyl groups excluding tert-OH is 1. The first-order valence-corrected chi connectivity index (χ1v) is 7.70. The molecule has 0 bridgehead atoms. The van der Waals surface area contributed by atoms with Gasteiger partial charge in [0.15, 0.2) is 0 Å². The second-order valence-corrected chi connectivity index (χ2v) is 5.16. The predicted molar refractivity (Wildman–Crippen MR) is 92.2 cm³/mol. The summed E-state index contributed by atoms with van der Waals surface area (Å²) in [6.45, 7) is 1.67. The van der Waals surface area contributed by atoms with Crippen LogP contribution in [-0.4, -0.2) is 23.9 Å². The maximum Gasteiger partial charge on any atom is 0.416 e. The highest BCUT2D eigenvalue weighted by atomic mass is 19.4. The summed E-state index contributed by atoms with van der Waals surface area (Å²) in [5, 5.41) is 10.3. The lowest BCUT2D eigenvalue weighted by atomic mass is 10.1. The average molecular weight is 363 g/mol. The topological polar surface area (TPSA) is 58.9 Å². The number of rotatable bonds is 5. The monoisotopic (exact) mass is 363 g/mol. The number of aliphatic hydroxyl groups is 1. The van der Waals surface area contributed by atoms with E-state index in [1.165, 1.54) is 12.1 Å². The van der Waals surface area contributed by atoms with Crippen molar-refractivity contribution in [2.45, 2.75) is 13.1 Å². The van der Waals surface area contributed by atoms with E-state index in [9.17, 15) is 23.1 Å². The lowest BCUT2D eigenvalue weighted by Gasteiger charge is -2.08. The zero-order chi connectivity index (χ0) is 19.2. The largest absolute Gasteiger partial charge is 0.506 e. The van der Waals surface area contributed by atoms with E-state index in [1.807, 2.05) is 0 Å². The molecule has 2 rings (SSSR count). The molecule has 0 atom stereocenters. The first-order chi connectivity index (χ1) is 12.3. The number of aliphatic imine (C=N–C) groups is 1. The number of ether oxygens (including phenoxy) is 1. The quantitative estimate of drug-likeness (QED) is 0.354. The van der Waals surface area contributed by atoms with Crippen molar-refractivity contribution in [3.8, 4) is 0 Å². The van der Waals surface area contributed by atoms with Crippen LogP contribution in [-0.2, 0) is 15.7 Å². The summed E-state index contributed by atoms with van der Waals surface area (Å²) in [6, 6.07) is 12.5. The molecule has 26 heavy (non-hydrogen) atoms. The van der Waals surface area contributed by atoms with Gasteiger partial charge in [0.05, 0.1) is 17.9 Å². The van der Waals surface area contributed by atoms with Crippen molar-refractivity contribution in [1.29, 1.82) is 0 Å². The molecule has 0 saturated carbocycles. The number of carbonyl (C=O) groups is 1. The molecule has 0 spiro atoms. The van der Waals surface area contributed by atoms with Gasteiger partial charge in [0.2, 0.25) is 0 Å². The Labute approximate surface area is 148 Å². The van der Waals surface area contributed by atoms with Crippen LogP contribution in [0.25, 0.3) is 5.76 Å². The molecular weight excluding hydrogens is 347 g/mol.